The van der Waals surface area contributed by atoms with Crippen LogP contribution in [0.3, 0.4) is 0 Å². The van der Waals surface area contributed by atoms with Crippen LogP contribution in [-0.2, 0) is 6.18 Å². The zero-order valence-electron chi connectivity index (χ0n) is 15.0. The molecule has 26 heavy (non-hydrogen) atoms. The topological polar surface area (TPSA) is 70.9 Å². The molecule has 0 spiro atoms. The Hall–Kier alpha value is -2.22. The number of nitrogens with zero attached hydrogens (tertiary/aromatic N) is 3. The van der Waals surface area contributed by atoms with Gasteiger partial charge in [-0.15, -0.1) is 5.10 Å². The van der Waals surface area contributed by atoms with Crippen molar-refractivity contribution in [3.63, 3.8) is 0 Å². The van der Waals surface area contributed by atoms with E-state index in [-0.39, 0.29) is 6.04 Å². The Morgan fingerprint density at radius 3 is 2.38 bits per heavy atom. The van der Waals surface area contributed by atoms with E-state index in [0.717, 1.165) is 25.0 Å². The Bertz CT molecular complexity index is 712. The van der Waals surface area contributed by atoms with Gasteiger partial charge < -0.3 is 10.4 Å². The molecule has 2 rings (SSSR count). The van der Waals surface area contributed by atoms with Crippen LogP contribution in [0.25, 0.3) is 11.3 Å². The molecule has 0 amide bonds. The fourth-order valence-electron chi connectivity index (χ4n) is 2.47. The second kappa shape index (κ2) is 7.99. The van der Waals surface area contributed by atoms with E-state index in [2.05, 4.69) is 20.5 Å². The van der Waals surface area contributed by atoms with Crippen molar-refractivity contribution < 1.29 is 18.3 Å². The summed E-state index contributed by atoms with van der Waals surface area (Å²) in [6, 6.07) is 4.84. The maximum atomic E-state index is 12.6. The number of benzene rings is 1. The second-order valence-corrected chi connectivity index (χ2v) is 6.99. The molecule has 0 saturated heterocycles. The minimum Gasteiger partial charge on any atom is -0.390 e. The van der Waals surface area contributed by atoms with Gasteiger partial charge in [-0.3, -0.25) is 0 Å². The largest absolute Gasteiger partial charge is 0.416 e. The predicted molar refractivity (Wildman–Crippen MR) is 93.5 cm³/mol. The molecule has 0 aliphatic rings. The van der Waals surface area contributed by atoms with Crippen molar-refractivity contribution in [3.05, 3.63) is 36.0 Å². The third kappa shape index (κ3) is 6.25. The third-order valence-corrected chi connectivity index (χ3v) is 3.87. The number of alkyl halides is 3. The van der Waals surface area contributed by atoms with Crippen LogP contribution < -0.4 is 5.32 Å². The van der Waals surface area contributed by atoms with Crippen molar-refractivity contribution in [2.45, 2.75) is 57.9 Å². The summed E-state index contributed by atoms with van der Waals surface area (Å²) in [5.74, 6) is 0.318. The average molecular weight is 368 g/mol. The van der Waals surface area contributed by atoms with E-state index in [9.17, 15) is 18.3 Å². The Kier molecular flexibility index (Phi) is 6.17. The van der Waals surface area contributed by atoms with Gasteiger partial charge in [-0.1, -0.05) is 12.1 Å². The van der Waals surface area contributed by atoms with Crippen LogP contribution in [0, 0.1) is 0 Å². The molecular weight excluding hydrogens is 345 g/mol. The first-order valence-electron chi connectivity index (χ1n) is 8.41. The highest BCUT2D eigenvalue weighted by atomic mass is 19.4. The lowest BCUT2D eigenvalue weighted by atomic mass is 10.00. The van der Waals surface area contributed by atoms with Gasteiger partial charge in [-0.25, -0.2) is 4.98 Å². The Morgan fingerprint density at radius 1 is 1.15 bits per heavy atom. The van der Waals surface area contributed by atoms with Crippen LogP contribution in [0.5, 0.6) is 0 Å². The highest BCUT2D eigenvalue weighted by Crippen LogP contribution is 2.30. The van der Waals surface area contributed by atoms with E-state index in [1.807, 2.05) is 6.92 Å². The molecule has 1 atom stereocenters. The summed E-state index contributed by atoms with van der Waals surface area (Å²) in [6.45, 7) is 5.51. The summed E-state index contributed by atoms with van der Waals surface area (Å²) in [5.41, 5.74) is -0.423. The van der Waals surface area contributed by atoms with Crippen molar-refractivity contribution in [1.29, 1.82) is 0 Å². The summed E-state index contributed by atoms with van der Waals surface area (Å²) in [7, 11) is 0. The fourth-order valence-corrected chi connectivity index (χ4v) is 2.47. The lowest BCUT2D eigenvalue weighted by Crippen LogP contribution is -2.21. The first-order valence-corrected chi connectivity index (χ1v) is 8.41. The number of aliphatic hydroxyl groups is 1. The Balaban J connectivity index is 2.01. The standard InChI is InChI=1S/C18H23F3N4O/c1-12(5-4-10-17(2,3)26)23-16-24-15(11-22-25-16)13-6-8-14(9-7-13)18(19,20)21/h6-9,11-12,26H,4-5,10H2,1-3H3,(H,23,24,25). The summed E-state index contributed by atoms with van der Waals surface area (Å²) >= 11 is 0. The first-order chi connectivity index (χ1) is 12.0. The van der Waals surface area contributed by atoms with Crippen LogP contribution in [-0.4, -0.2) is 31.9 Å². The number of halogens is 3. The maximum absolute atomic E-state index is 12.6. The zero-order valence-corrected chi connectivity index (χ0v) is 15.0. The smallest absolute Gasteiger partial charge is 0.390 e. The molecular formula is C18H23F3N4O. The molecule has 2 N–H and O–H groups in total. The van der Waals surface area contributed by atoms with E-state index >= 15 is 0 Å². The van der Waals surface area contributed by atoms with Crippen LogP contribution in [0.2, 0.25) is 0 Å². The van der Waals surface area contributed by atoms with Crippen molar-refractivity contribution >= 4 is 5.95 Å². The van der Waals surface area contributed by atoms with Crippen molar-refractivity contribution in [2.75, 3.05) is 5.32 Å². The predicted octanol–water partition coefficient (Wildman–Crippen LogP) is 4.30. The van der Waals surface area contributed by atoms with Crippen LogP contribution in [0.4, 0.5) is 19.1 Å². The monoisotopic (exact) mass is 368 g/mol. The van der Waals surface area contributed by atoms with Gasteiger partial charge in [0.2, 0.25) is 5.95 Å². The molecule has 0 radical (unpaired) electrons. The minimum absolute atomic E-state index is 0.0713. The van der Waals surface area contributed by atoms with Gasteiger partial charge in [-0.05, 0) is 52.2 Å². The molecule has 1 unspecified atom stereocenters. The summed E-state index contributed by atoms with van der Waals surface area (Å²) in [6.07, 6.45) is -0.619. The summed E-state index contributed by atoms with van der Waals surface area (Å²) in [5, 5.41) is 20.6. The van der Waals surface area contributed by atoms with Crippen molar-refractivity contribution in [3.8, 4) is 11.3 Å². The van der Waals surface area contributed by atoms with Crippen LogP contribution >= 0.6 is 0 Å². The molecule has 142 valence electrons. The molecule has 0 aliphatic carbocycles. The lowest BCUT2D eigenvalue weighted by Gasteiger charge is -2.19. The molecule has 0 saturated carbocycles. The Morgan fingerprint density at radius 2 is 1.81 bits per heavy atom. The summed E-state index contributed by atoms with van der Waals surface area (Å²) < 4.78 is 37.9. The van der Waals surface area contributed by atoms with E-state index in [1.165, 1.54) is 18.3 Å². The van der Waals surface area contributed by atoms with Gasteiger partial charge in [-0.2, -0.15) is 18.3 Å². The number of nitrogens with one attached hydrogen (secondary N) is 1. The average Bonchev–Trinajstić information content (AvgIpc) is 2.53. The highest BCUT2D eigenvalue weighted by Gasteiger charge is 2.30. The number of rotatable bonds is 7. The second-order valence-electron chi connectivity index (χ2n) is 6.99. The van der Waals surface area contributed by atoms with E-state index in [4.69, 9.17) is 0 Å². The van der Waals surface area contributed by atoms with Crippen molar-refractivity contribution in [1.82, 2.24) is 15.2 Å². The summed E-state index contributed by atoms with van der Waals surface area (Å²) in [4.78, 5) is 4.32. The Labute approximate surface area is 150 Å². The number of anilines is 1. The molecule has 5 nitrogen and oxygen atoms in total. The minimum atomic E-state index is -4.37. The number of hydrogen-bond donors (Lipinski definition) is 2. The maximum Gasteiger partial charge on any atom is 0.416 e. The molecule has 1 heterocycles. The van der Waals surface area contributed by atoms with E-state index < -0.39 is 17.3 Å². The van der Waals surface area contributed by atoms with Gasteiger partial charge >= 0.3 is 6.18 Å². The number of hydrogen-bond acceptors (Lipinski definition) is 5. The van der Waals surface area contributed by atoms with Gasteiger partial charge in [0.1, 0.15) is 0 Å². The van der Waals surface area contributed by atoms with Crippen LogP contribution in [0.15, 0.2) is 30.5 Å². The molecule has 1 aromatic heterocycles. The SMILES string of the molecule is CC(CCCC(C)(C)O)Nc1nncc(-c2ccc(C(F)(F)F)cc2)n1. The van der Waals surface area contributed by atoms with Gasteiger partial charge in [0, 0.05) is 11.6 Å². The van der Waals surface area contributed by atoms with Crippen molar-refractivity contribution in [2.24, 2.45) is 0 Å². The van der Waals surface area contributed by atoms with E-state index in [0.29, 0.717) is 23.6 Å². The third-order valence-electron chi connectivity index (χ3n) is 3.87. The fraction of sp³-hybridized carbons (Fsp3) is 0.500. The normalized spacial score (nSPS) is 13.5. The van der Waals surface area contributed by atoms with Gasteiger partial charge in [0.05, 0.1) is 23.1 Å². The van der Waals surface area contributed by atoms with Crippen LogP contribution in [0.1, 0.15) is 45.6 Å². The first kappa shape index (κ1) is 20.1. The van der Waals surface area contributed by atoms with Gasteiger partial charge in [0.25, 0.3) is 0 Å². The molecule has 2 aromatic rings. The van der Waals surface area contributed by atoms with Gasteiger partial charge in [0.15, 0.2) is 0 Å². The molecule has 8 heteroatoms. The quantitative estimate of drug-likeness (QED) is 0.762. The number of aromatic nitrogens is 3. The zero-order chi connectivity index (χ0) is 19.4. The van der Waals surface area contributed by atoms with E-state index in [1.54, 1.807) is 13.8 Å². The molecule has 0 aliphatic heterocycles. The lowest BCUT2D eigenvalue weighted by molar-refractivity contribution is -0.137. The molecule has 0 bridgehead atoms. The molecule has 0 fully saturated rings. The highest BCUT2D eigenvalue weighted by molar-refractivity contribution is 5.59. The molecule has 1 aromatic carbocycles.